The molecule has 1 aliphatic rings. The second kappa shape index (κ2) is 9.27. The number of aryl methyl sites for hydroxylation is 1. The molecule has 0 spiro atoms. The number of carboxylic acids is 1. The fourth-order valence-electron chi connectivity index (χ4n) is 2.85. The maximum Gasteiger partial charge on any atom is 0.305 e. The Kier molecular flexibility index (Phi) is 6.52. The van der Waals surface area contributed by atoms with Crippen LogP contribution in [0.1, 0.15) is 39.0 Å². The lowest BCUT2D eigenvalue weighted by Gasteiger charge is -2.17. The summed E-state index contributed by atoms with van der Waals surface area (Å²) in [5.41, 5.74) is 10.9. The topological polar surface area (TPSA) is 166 Å². The van der Waals surface area contributed by atoms with E-state index in [1.807, 2.05) is 0 Å². The first-order valence-electron chi connectivity index (χ1n) is 8.95. The van der Waals surface area contributed by atoms with E-state index in [1.54, 1.807) is 30.3 Å². The van der Waals surface area contributed by atoms with E-state index in [-0.39, 0.29) is 25.6 Å². The van der Waals surface area contributed by atoms with Gasteiger partial charge in [-0.25, -0.2) is 0 Å². The van der Waals surface area contributed by atoms with E-state index >= 15 is 0 Å². The molecule has 158 valence electrons. The summed E-state index contributed by atoms with van der Waals surface area (Å²) in [6.07, 6.45) is 0.198. The summed E-state index contributed by atoms with van der Waals surface area (Å²) in [6.45, 7) is 0.0956. The lowest BCUT2D eigenvalue weighted by atomic mass is 10.0. The Morgan fingerprint density at radius 2 is 1.93 bits per heavy atom. The zero-order chi connectivity index (χ0) is 21.7. The van der Waals surface area contributed by atoms with Gasteiger partial charge < -0.3 is 31.4 Å². The summed E-state index contributed by atoms with van der Waals surface area (Å²) < 4.78 is 10.6. The SMILES string of the molecule is NC(N)=NC(=O)CCc1ccc(C(=O)N[C@@H](CC(=O)O)c2ccc3c(c2)OCO3)s1. The molecule has 2 heterocycles. The summed E-state index contributed by atoms with van der Waals surface area (Å²) in [4.78, 5) is 40.2. The number of carbonyl (C=O) groups is 3. The predicted octanol–water partition coefficient (Wildman–Crippen LogP) is 1.16. The first-order valence-corrected chi connectivity index (χ1v) is 9.77. The van der Waals surface area contributed by atoms with Crippen molar-refractivity contribution in [2.24, 2.45) is 16.5 Å². The van der Waals surface area contributed by atoms with Gasteiger partial charge in [-0.15, -0.1) is 11.3 Å². The minimum Gasteiger partial charge on any atom is -0.481 e. The third kappa shape index (κ3) is 5.47. The number of carbonyl (C=O) groups excluding carboxylic acids is 2. The van der Waals surface area contributed by atoms with Crippen LogP contribution in [0.2, 0.25) is 0 Å². The highest BCUT2D eigenvalue weighted by Gasteiger charge is 2.23. The maximum absolute atomic E-state index is 12.7. The fraction of sp³-hybridized carbons (Fsp3) is 0.263. The largest absolute Gasteiger partial charge is 0.481 e. The van der Waals surface area contributed by atoms with Gasteiger partial charge in [-0.05, 0) is 36.2 Å². The molecule has 2 amide bonds. The highest BCUT2D eigenvalue weighted by molar-refractivity contribution is 7.14. The molecule has 0 saturated heterocycles. The number of hydrogen-bond acceptors (Lipinski definition) is 6. The summed E-state index contributed by atoms with van der Waals surface area (Å²) in [5.74, 6) is -1.13. The zero-order valence-electron chi connectivity index (χ0n) is 15.8. The van der Waals surface area contributed by atoms with Crippen LogP contribution in [-0.4, -0.2) is 35.6 Å². The van der Waals surface area contributed by atoms with E-state index in [0.717, 1.165) is 4.88 Å². The minimum absolute atomic E-state index is 0.0956. The molecule has 3 rings (SSSR count). The predicted molar refractivity (Wildman–Crippen MR) is 108 cm³/mol. The van der Waals surface area contributed by atoms with Crippen molar-refractivity contribution in [1.82, 2.24) is 5.32 Å². The number of ether oxygens (including phenoxy) is 2. The van der Waals surface area contributed by atoms with Crippen LogP contribution in [0, 0.1) is 0 Å². The third-order valence-corrected chi connectivity index (χ3v) is 5.35. The number of amides is 2. The van der Waals surface area contributed by atoms with Crippen molar-refractivity contribution in [1.29, 1.82) is 0 Å². The second-order valence-corrected chi connectivity index (χ2v) is 7.60. The number of carboxylic acid groups (broad SMARTS) is 1. The highest BCUT2D eigenvalue weighted by Crippen LogP contribution is 2.35. The van der Waals surface area contributed by atoms with Crippen LogP contribution >= 0.6 is 11.3 Å². The summed E-state index contributed by atoms with van der Waals surface area (Å²) >= 11 is 1.21. The van der Waals surface area contributed by atoms with Gasteiger partial charge in [0, 0.05) is 11.3 Å². The Morgan fingerprint density at radius 1 is 1.17 bits per heavy atom. The number of guanidine groups is 1. The number of aliphatic imine (C=N–C) groups is 1. The molecule has 1 aromatic heterocycles. The number of thiophene rings is 1. The normalized spacial score (nSPS) is 12.8. The van der Waals surface area contributed by atoms with E-state index < -0.39 is 23.8 Å². The first-order chi connectivity index (χ1) is 14.3. The fourth-order valence-corrected chi connectivity index (χ4v) is 3.76. The van der Waals surface area contributed by atoms with E-state index in [1.165, 1.54) is 11.3 Å². The number of rotatable bonds is 8. The minimum atomic E-state index is -1.05. The number of fused-ring (bicyclic) bond motifs is 1. The van der Waals surface area contributed by atoms with Gasteiger partial charge in [0.2, 0.25) is 12.7 Å². The molecule has 0 saturated carbocycles. The number of hydrogen-bond donors (Lipinski definition) is 4. The van der Waals surface area contributed by atoms with E-state index in [0.29, 0.717) is 28.4 Å². The van der Waals surface area contributed by atoms with Crippen molar-refractivity contribution >= 4 is 35.1 Å². The van der Waals surface area contributed by atoms with Gasteiger partial charge in [0.15, 0.2) is 17.5 Å². The van der Waals surface area contributed by atoms with Crippen LogP contribution in [-0.2, 0) is 16.0 Å². The average Bonchev–Trinajstić information content (AvgIpc) is 3.33. The molecule has 0 fully saturated rings. The number of nitrogens with zero attached hydrogens (tertiary/aromatic N) is 1. The Balaban J connectivity index is 1.67. The van der Waals surface area contributed by atoms with Gasteiger partial charge in [0.05, 0.1) is 17.3 Å². The molecule has 0 unspecified atom stereocenters. The van der Waals surface area contributed by atoms with Crippen LogP contribution in [0.4, 0.5) is 0 Å². The first kappa shape index (κ1) is 21.1. The second-order valence-electron chi connectivity index (χ2n) is 6.43. The van der Waals surface area contributed by atoms with Crippen LogP contribution in [0.25, 0.3) is 0 Å². The Bertz CT molecular complexity index is 999. The van der Waals surface area contributed by atoms with Crippen LogP contribution in [0.5, 0.6) is 11.5 Å². The molecule has 30 heavy (non-hydrogen) atoms. The van der Waals surface area contributed by atoms with Gasteiger partial charge >= 0.3 is 5.97 Å². The van der Waals surface area contributed by atoms with Crippen LogP contribution in [0.3, 0.4) is 0 Å². The molecule has 6 N–H and O–H groups in total. The average molecular weight is 432 g/mol. The number of aliphatic carboxylic acids is 1. The van der Waals surface area contributed by atoms with Crippen molar-refractivity contribution in [2.75, 3.05) is 6.79 Å². The van der Waals surface area contributed by atoms with Gasteiger partial charge in [0.25, 0.3) is 5.91 Å². The molecule has 2 aromatic rings. The molecule has 1 atom stereocenters. The Morgan fingerprint density at radius 3 is 2.67 bits per heavy atom. The van der Waals surface area contributed by atoms with Gasteiger partial charge in [0.1, 0.15) is 0 Å². The molecule has 0 radical (unpaired) electrons. The van der Waals surface area contributed by atoms with Crippen molar-refractivity contribution in [3.8, 4) is 11.5 Å². The number of nitrogens with one attached hydrogen (secondary N) is 1. The highest BCUT2D eigenvalue weighted by atomic mass is 32.1. The van der Waals surface area contributed by atoms with E-state index in [4.69, 9.17) is 20.9 Å². The van der Waals surface area contributed by atoms with Crippen LogP contribution < -0.4 is 26.3 Å². The lowest BCUT2D eigenvalue weighted by molar-refractivity contribution is -0.137. The summed E-state index contributed by atoms with van der Waals surface area (Å²) in [7, 11) is 0. The smallest absolute Gasteiger partial charge is 0.305 e. The molecule has 11 heteroatoms. The molecular weight excluding hydrogens is 412 g/mol. The lowest BCUT2D eigenvalue weighted by Crippen LogP contribution is -2.29. The van der Waals surface area contributed by atoms with E-state index in [9.17, 15) is 19.5 Å². The molecule has 1 aromatic carbocycles. The maximum atomic E-state index is 12.7. The quantitative estimate of drug-likeness (QED) is 0.356. The van der Waals surface area contributed by atoms with Crippen molar-refractivity contribution in [3.05, 3.63) is 45.6 Å². The molecule has 0 aliphatic carbocycles. The molecule has 1 aliphatic heterocycles. The van der Waals surface area contributed by atoms with Crippen molar-refractivity contribution in [3.63, 3.8) is 0 Å². The Hall–Kier alpha value is -3.60. The summed E-state index contributed by atoms with van der Waals surface area (Å²) in [6, 6.07) is 7.63. The third-order valence-electron chi connectivity index (χ3n) is 4.21. The zero-order valence-corrected chi connectivity index (χ0v) is 16.6. The van der Waals surface area contributed by atoms with Crippen LogP contribution in [0.15, 0.2) is 35.3 Å². The van der Waals surface area contributed by atoms with E-state index in [2.05, 4.69) is 10.3 Å². The van der Waals surface area contributed by atoms with Gasteiger partial charge in [-0.3, -0.25) is 14.4 Å². The number of benzene rings is 1. The molecule has 0 bridgehead atoms. The van der Waals surface area contributed by atoms with Crippen molar-refractivity contribution < 1.29 is 29.0 Å². The Labute approximate surface area is 175 Å². The number of nitrogens with two attached hydrogens (primary N) is 2. The summed E-state index contributed by atoms with van der Waals surface area (Å²) in [5, 5.41) is 12.0. The van der Waals surface area contributed by atoms with Crippen molar-refractivity contribution in [2.45, 2.75) is 25.3 Å². The monoisotopic (exact) mass is 432 g/mol. The molecule has 10 nitrogen and oxygen atoms in total. The van der Waals surface area contributed by atoms with Gasteiger partial charge in [-0.1, -0.05) is 6.07 Å². The molecular formula is C19H20N4O6S. The standard InChI is InChI=1S/C19H20N4O6S/c20-19(21)23-16(24)6-3-11-2-5-15(30-11)18(27)22-12(8-17(25)26)10-1-4-13-14(7-10)29-9-28-13/h1-2,4-5,7,12H,3,6,8-9H2,(H,22,27)(H,25,26)(H4,20,21,23,24)/t12-/m0/s1. The van der Waals surface area contributed by atoms with Gasteiger partial charge in [-0.2, -0.15) is 4.99 Å².